The molecule has 0 amide bonds. The molecule has 0 radical (unpaired) electrons. The first-order valence-electron chi connectivity index (χ1n) is 7.78. The normalized spacial score (nSPS) is 12.5. The summed E-state index contributed by atoms with van der Waals surface area (Å²) in [6.45, 7) is 0.941. The lowest BCUT2D eigenvalue weighted by molar-refractivity contribution is 0.414. The first-order chi connectivity index (χ1) is 11.2. The van der Waals surface area contributed by atoms with Crippen molar-refractivity contribution in [2.45, 2.75) is 12.5 Å². The van der Waals surface area contributed by atoms with Crippen molar-refractivity contribution in [2.24, 2.45) is 0 Å². The highest BCUT2D eigenvalue weighted by molar-refractivity contribution is 6.35. The molecule has 0 saturated heterocycles. The number of nitrogens with zero attached hydrogens (tertiary/aromatic N) is 1. The molecule has 1 unspecified atom stereocenters. The van der Waals surface area contributed by atoms with Gasteiger partial charge in [-0.05, 0) is 55.9 Å². The van der Waals surface area contributed by atoms with Gasteiger partial charge >= 0.3 is 0 Å². The summed E-state index contributed by atoms with van der Waals surface area (Å²) in [7, 11) is 3.67. The van der Waals surface area contributed by atoms with Crippen LogP contribution in [0.15, 0.2) is 54.7 Å². The minimum atomic E-state index is 0.254. The van der Waals surface area contributed by atoms with E-state index in [0.29, 0.717) is 0 Å². The summed E-state index contributed by atoms with van der Waals surface area (Å²) < 4.78 is 7.58. The van der Waals surface area contributed by atoms with E-state index in [0.717, 1.165) is 34.6 Å². The van der Waals surface area contributed by atoms with Gasteiger partial charge in [0.2, 0.25) is 0 Å². The Balaban J connectivity index is 2.04. The SMILES string of the molecule is CNCCC(c1ccc(OC)cc1)n1ccc2c(Cl)cccc21. The zero-order chi connectivity index (χ0) is 16.2. The van der Waals surface area contributed by atoms with Crippen LogP contribution in [-0.2, 0) is 0 Å². The molecule has 0 bridgehead atoms. The van der Waals surface area contributed by atoms with Crippen molar-refractivity contribution in [2.75, 3.05) is 20.7 Å². The highest BCUT2D eigenvalue weighted by Crippen LogP contribution is 2.31. The van der Waals surface area contributed by atoms with E-state index in [-0.39, 0.29) is 6.04 Å². The number of fused-ring (bicyclic) bond motifs is 1. The Hall–Kier alpha value is -1.97. The highest BCUT2D eigenvalue weighted by atomic mass is 35.5. The molecule has 23 heavy (non-hydrogen) atoms. The molecule has 0 saturated carbocycles. The van der Waals surface area contributed by atoms with E-state index in [1.165, 1.54) is 5.56 Å². The van der Waals surface area contributed by atoms with Crippen LogP contribution in [0.25, 0.3) is 10.9 Å². The van der Waals surface area contributed by atoms with Gasteiger partial charge in [0.1, 0.15) is 5.75 Å². The monoisotopic (exact) mass is 328 g/mol. The van der Waals surface area contributed by atoms with Crippen molar-refractivity contribution in [1.82, 2.24) is 9.88 Å². The van der Waals surface area contributed by atoms with Gasteiger partial charge in [-0.3, -0.25) is 0 Å². The molecule has 3 nitrogen and oxygen atoms in total. The number of benzene rings is 2. The Kier molecular flexibility index (Phi) is 4.89. The lowest BCUT2D eigenvalue weighted by atomic mass is 10.0. The van der Waals surface area contributed by atoms with Gasteiger partial charge in [0.25, 0.3) is 0 Å². The van der Waals surface area contributed by atoms with E-state index >= 15 is 0 Å². The number of hydrogen-bond acceptors (Lipinski definition) is 2. The number of rotatable bonds is 6. The molecule has 2 aromatic carbocycles. The fourth-order valence-electron chi connectivity index (χ4n) is 3.00. The molecule has 1 heterocycles. The van der Waals surface area contributed by atoms with Crippen molar-refractivity contribution < 1.29 is 4.74 Å². The Labute approximate surface area is 141 Å². The highest BCUT2D eigenvalue weighted by Gasteiger charge is 2.16. The number of aromatic nitrogens is 1. The topological polar surface area (TPSA) is 26.2 Å². The van der Waals surface area contributed by atoms with Crippen LogP contribution >= 0.6 is 11.6 Å². The molecule has 0 aliphatic rings. The van der Waals surface area contributed by atoms with Crippen molar-refractivity contribution in [1.29, 1.82) is 0 Å². The Morgan fingerprint density at radius 1 is 1.13 bits per heavy atom. The maximum absolute atomic E-state index is 6.32. The molecule has 0 aliphatic carbocycles. The summed E-state index contributed by atoms with van der Waals surface area (Å²) in [5.41, 5.74) is 2.42. The Morgan fingerprint density at radius 3 is 2.61 bits per heavy atom. The number of methoxy groups -OCH3 is 1. The fourth-order valence-corrected chi connectivity index (χ4v) is 3.23. The first-order valence-corrected chi connectivity index (χ1v) is 8.16. The molecule has 0 fully saturated rings. The second-order valence-electron chi connectivity index (χ2n) is 5.58. The number of ether oxygens (including phenoxy) is 1. The Morgan fingerprint density at radius 2 is 1.91 bits per heavy atom. The molecule has 0 spiro atoms. The van der Waals surface area contributed by atoms with E-state index in [1.807, 2.05) is 31.3 Å². The predicted octanol–water partition coefficient (Wildman–Crippen LogP) is 4.50. The summed E-state index contributed by atoms with van der Waals surface area (Å²) >= 11 is 6.32. The molecule has 1 atom stereocenters. The van der Waals surface area contributed by atoms with E-state index in [4.69, 9.17) is 16.3 Å². The lowest BCUT2D eigenvalue weighted by Crippen LogP contribution is -2.17. The van der Waals surface area contributed by atoms with E-state index in [1.54, 1.807) is 7.11 Å². The smallest absolute Gasteiger partial charge is 0.118 e. The second kappa shape index (κ2) is 7.07. The first kappa shape index (κ1) is 15.9. The maximum atomic E-state index is 6.32. The zero-order valence-electron chi connectivity index (χ0n) is 13.4. The van der Waals surface area contributed by atoms with E-state index in [2.05, 4.69) is 40.3 Å². The van der Waals surface area contributed by atoms with Crippen LogP contribution < -0.4 is 10.1 Å². The van der Waals surface area contributed by atoms with Crippen LogP contribution in [0.3, 0.4) is 0 Å². The molecular weight excluding hydrogens is 308 g/mol. The molecule has 3 rings (SSSR count). The molecule has 1 aromatic heterocycles. The van der Waals surface area contributed by atoms with Crippen molar-refractivity contribution in [3.8, 4) is 5.75 Å². The van der Waals surface area contributed by atoms with Gasteiger partial charge < -0.3 is 14.6 Å². The van der Waals surface area contributed by atoms with Crippen LogP contribution in [0.2, 0.25) is 5.02 Å². The van der Waals surface area contributed by atoms with Gasteiger partial charge in [-0.15, -0.1) is 0 Å². The summed E-state index contributed by atoms with van der Waals surface area (Å²) in [6, 6.07) is 16.7. The minimum absolute atomic E-state index is 0.254. The largest absolute Gasteiger partial charge is 0.497 e. The van der Waals surface area contributed by atoms with Gasteiger partial charge in [-0.1, -0.05) is 29.8 Å². The number of hydrogen-bond donors (Lipinski definition) is 1. The lowest BCUT2D eigenvalue weighted by Gasteiger charge is -2.21. The predicted molar refractivity (Wildman–Crippen MR) is 96.6 cm³/mol. The van der Waals surface area contributed by atoms with Gasteiger partial charge in [0.05, 0.1) is 18.7 Å². The number of nitrogens with one attached hydrogen (secondary N) is 1. The van der Waals surface area contributed by atoms with E-state index in [9.17, 15) is 0 Å². The molecular formula is C19H21ClN2O. The van der Waals surface area contributed by atoms with Gasteiger partial charge in [-0.2, -0.15) is 0 Å². The summed E-state index contributed by atoms with van der Waals surface area (Å²) in [5, 5.41) is 5.14. The molecule has 120 valence electrons. The molecule has 1 N–H and O–H groups in total. The van der Waals surface area contributed by atoms with Crippen LogP contribution in [0.5, 0.6) is 5.75 Å². The van der Waals surface area contributed by atoms with Gasteiger partial charge in [-0.25, -0.2) is 0 Å². The second-order valence-corrected chi connectivity index (χ2v) is 5.98. The third-order valence-corrected chi connectivity index (χ3v) is 4.54. The standard InChI is InChI=1S/C19H21ClN2O/c1-21-12-10-18(14-6-8-15(23-2)9-7-14)22-13-11-16-17(20)4-3-5-19(16)22/h3-9,11,13,18,21H,10,12H2,1-2H3. The van der Waals surface area contributed by atoms with Crippen molar-refractivity contribution in [3.05, 3.63) is 65.3 Å². The summed E-state index contributed by atoms with van der Waals surface area (Å²) in [4.78, 5) is 0. The zero-order valence-corrected chi connectivity index (χ0v) is 14.2. The van der Waals surface area contributed by atoms with Crippen molar-refractivity contribution in [3.63, 3.8) is 0 Å². The van der Waals surface area contributed by atoms with Crippen LogP contribution in [0, 0.1) is 0 Å². The average Bonchev–Trinajstić information content (AvgIpc) is 3.01. The molecule has 0 aliphatic heterocycles. The van der Waals surface area contributed by atoms with Crippen LogP contribution in [0.4, 0.5) is 0 Å². The van der Waals surface area contributed by atoms with Crippen LogP contribution in [0.1, 0.15) is 18.0 Å². The third kappa shape index (κ3) is 3.21. The minimum Gasteiger partial charge on any atom is -0.497 e. The average molecular weight is 329 g/mol. The quantitative estimate of drug-likeness (QED) is 0.721. The summed E-state index contributed by atoms with van der Waals surface area (Å²) in [5.74, 6) is 0.876. The van der Waals surface area contributed by atoms with Crippen molar-refractivity contribution >= 4 is 22.5 Å². The Bertz CT molecular complexity index is 780. The van der Waals surface area contributed by atoms with Gasteiger partial charge in [0.15, 0.2) is 0 Å². The number of halogens is 1. The fraction of sp³-hybridized carbons (Fsp3) is 0.263. The maximum Gasteiger partial charge on any atom is 0.118 e. The van der Waals surface area contributed by atoms with Gasteiger partial charge in [0, 0.05) is 16.6 Å². The summed E-state index contributed by atoms with van der Waals surface area (Å²) in [6.07, 6.45) is 3.13. The van der Waals surface area contributed by atoms with Crippen LogP contribution in [-0.4, -0.2) is 25.3 Å². The molecule has 3 aromatic rings. The van der Waals surface area contributed by atoms with E-state index < -0.39 is 0 Å². The third-order valence-electron chi connectivity index (χ3n) is 4.21. The molecule has 4 heteroatoms.